The molecular formula is C11H15N. The Morgan fingerprint density at radius 2 is 2.00 bits per heavy atom. The highest BCUT2D eigenvalue weighted by atomic mass is 14.7. The predicted octanol–water partition coefficient (Wildman–Crippen LogP) is 3.28. The highest BCUT2D eigenvalue weighted by molar-refractivity contribution is 5.72. The Hall–Kier alpha value is -1.37. The SMILES string of the molecule is C=C/C=N\C(=C/C)C(=C)/C=C\C. The summed E-state index contributed by atoms with van der Waals surface area (Å²) in [6.07, 6.45) is 9.09. The topological polar surface area (TPSA) is 12.4 Å². The molecule has 0 saturated carbocycles. The number of hydrogen-bond donors (Lipinski definition) is 0. The molecular weight excluding hydrogens is 146 g/mol. The Bertz CT molecular complexity index is 242. The Balaban J connectivity index is 4.47. The molecule has 0 amide bonds. The zero-order valence-electron chi connectivity index (χ0n) is 7.75. The van der Waals surface area contributed by atoms with Crippen molar-refractivity contribution in [3.8, 4) is 0 Å². The van der Waals surface area contributed by atoms with Crippen LogP contribution in [0.3, 0.4) is 0 Å². The molecule has 0 saturated heterocycles. The number of nitrogens with zero attached hydrogens (tertiary/aromatic N) is 1. The number of hydrogen-bond acceptors (Lipinski definition) is 1. The fraction of sp³-hybridized carbons (Fsp3) is 0.182. The van der Waals surface area contributed by atoms with Crippen molar-refractivity contribution in [3.05, 3.63) is 48.7 Å². The zero-order valence-corrected chi connectivity index (χ0v) is 7.75. The van der Waals surface area contributed by atoms with E-state index in [1.807, 2.05) is 32.1 Å². The van der Waals surface area contributed by atoms with Crippen molar-refractivity contribution in [2.75, 3.05) is 0 Å². The van der Waals surface area contributed by atoms with Crippen LogP contribution in [0.5, 0.6) is 0 Å². The maximum atomic E-state index is 4.15. The van der Waals surface area contributed by atoms with Crippen LogP contribution in [0.2, 0.25) is 0 Å². The van der Waals surface area contributed by atoms with E-state index in [1.54, 1.807) is 12.3 Å². The van der Waals surface area contributed by atoms with E-state index in [4.69, 9.17) is 0 Å². The van der Waals surface area contributed by atoms with Gasteiger partial charge in [-0.3, -0.25) is 4.99 Å². The lowest BCUT2D eigenvalue weighted by Crippen LogP contribution is -1.80. The van der Waals surface area contributed by atoms with Gasteiger partial charge in [0.1, 0.15) is 0 Å². The first kappa shape index (κ1) is 10.6. The lowest BCUT2D eigenvalue weighted by Gasteiger charge is -1.97. The van der Waals surface area contributed by atoms with E-state index in [0.717, 1.165) is 11.3 Å². The molecule has 0 aliphatic rings. The van der Waals surface area contributed by atoms with Crippen LogP contribution in [0.25, 0.3) is 0 Å². The molecule has 0 heterocycles. The summed E-state index contributed by atoms with van der Waals surface area (Å²) < 4.78 is 0. The highest BCUT2D eigenvalue weighted by Crippen LogP contribution is 2.09. The molecule has 0 atom stereocenters. The molecule has 0 N–H and O–H groups in total. The Morgan fingerprint density at radius 3 is 2.42 bits per heavy atom. The molecule has 64 valence electrons. The molecule has 0 aromatic rings. The van der Waals surface area contributed by atoms with E-state index in [0.29, 0.717) is 0 Å². The fourth-order valence-corrected chi connectivity index (χ4v) is 0.762. The van der Waals surface area contributed by atoms with Crippen molar-refractivity contribution in [2.45, 2.75) is 13.8 Å². The molecule has 0 fully saturated rings. The first-order chi connectivity index (χ1) is 5.76. The summed E-state index contributed by atoms with van der Waals surface area (Å²) in [4.78, 5) is 4.15. The van der Waals surface area contributed by atoms with Gasteiger partial charge in [0, 0.05) is 6.21 Å². The van der Waals surface area contributed by atoms with E-state index in [-0.39, 0.29) is 0 Å². The van der Waals surface area contributed by atoms with Gasteiger partial charge >= 0.3 is 0 Å². The van der Waals surface area contributed by atoms with Gasteiger partial charge < -0.3 is 0 Å². The maximum Gasteiger partial charge on any atom is 0.0653 e. The minimum absolute atomic E-state index is 0.882. The quantitative estimate of drug-likeness (QED) is 0.443. The number of aliphatic imine (C=N–C) groups is 1. The minimum atomic E-state index is 0.882. The van der Waals surface area contributed by atoms with Gasteiger partial charge in [-0.1, -0.05) is 37.5 Å². The monoisotopic (exact) mass is 161 g/mol. The fourth-order valence-electron chi connectivity index (χ4n) is 0.762. The van der Waals surface area contributed by atoms with Crippen LogP contribution in [0.15, 0.2) is 53.7 Å². The van der Waals surface area contributed by atoms with E-state index >= 15 is 0 Å². The third-order valence-corrected chi connectivity index (χ3v) is 1.29. The lowest BCUT2D eigenvalue weighted by molar-refractivity contribution is 1.34. The second kappa shape index (κ2) is 6.35. The third kappa shape index (κ3) is 3.71. The zero-order chi connectivity index (χ0) is 9.40. The van der Waals surface area contributed by atoms with Gasteiger partial charge in [-0.2, -0.15) is 0 Å². The van der Waals surface area contributed by atoms with Crippen LogP contribution in [0.4, 0.5) is 0 Å². The molecule has 12 heavy (non-hydrogen) atoms. The molecule has 0 spiro atoms. The standard InChI is InChI=1S/C11H15N/c1-5-8-10(4)11(7-3)12-9-6-2/h5-9H,2,4H2,1,3H3/b8-5-,11-7-,12-9-. The highest BCUT2D eigenvalue weighted by Gasteiger charge is 1.92. The first-order valence-corrected chi connectivity index (χ1v) is 3.89. The van der Waals surface area contributed by atoms with Crippen LogP contribution < -0.4 is 0 Å². The van der Waals surface area contributed by atoms with Crippen molar-refractivity contribution < 1.29 is 0 Å². The second-order valence-corrected chi connectivity index (χ2v) is 2.21. The summed E-state index contributed by atoms with van der Waals surface area (Å²) in [5.41, 5.74) is 1.80. The third-order valence-electron chi connectivity index (χ3n) is 1.29. The second-order valence-electron chi connectivity index (χ2n) is 2.21. The van der Waals surface area contributed by atoms with Crippen LogP contribution in [0, 0.1) is 0 Å². The number of allylic oxidation sites excluding steroid dienone is 4. The molecule has 0 unspecified atom stereocenters. The molecule has 0 aromatic heterocycles. The summed E-state index contributed by atoms with van der Waals surface area (Å²) in [5.74, 6) is 0. The summed E-state index contributed by atoms with van der Waals surface area (Å²) in [6.45, 7) is 11.3. The molecule has 0 aliphatic carbocycles. The summed E-state index contributed by atoms with van der Waals surface area (Å²) >= 11 is 0. The van der Waals surface area contributed by atoms with Gasteiger partial charge in [0.15, 0.2) is 0 Å². The van der Waals surface area contributed by atoms with Crippen LogP contribution in [-0.2, 0) is 0 Å². The van der Waals surface area contributed by atoms with Gasteiger partial charge in [0.2, 0.25) is 0 Å². The lowest BCUT2D eigenvalue weighted by atomic mass is 10.2. The molecule has 0 aliphatic heterocycles. The maximum absolute atomic E-state index is 4.15. The molecule has 1 nitrogen and oxygen atoms in total. The average molecular weight is 161 g/mol. The van der Waals surface area contributed by atoms with Gasteiger partial charge in [0.05, 0.1) is 5.70 Å². The minimum Gasteiger partial charge on any atom is -0.257 e. The first-order valence-electron chi connectivity index (χ1n) is 3.89. The van der Waals surface area contributed by atoms with E-state index in [9.17, 15) is 0 Å². The van der Waals surface area contributed by atoms with Crippen molar-refractivity contribution in [2.24, 2.45) is 4.99 Å². The van der Waals surface area contributed by atoms with Gasteiger partial charge in [-0.05, 0) is 19.4 Å². The van der Waals surface area contributed by atoms with Crippen molar-refractivity contribution in [3.63, 3.8) is 0 Å². The van der Waals surface area contributed by atoms with Crippen molar-refractivity contribution >= 4 is 6.21 Å². The summed E-state index contributed by atoms with van der Waals surface area (Å²) in [5, 5.41) is 0. The molecule has 0 rings (SSSR count). The van der Waals surface area contributed by atoms with Gasteiger partial charge in [-0.15, -0.1) is 0 Å². The van der Waals surface area contributed by atoms with Crippen LogP contribution in [0.1, 0.15) is 13.8 Å². The molecule has 1 heteroatoms. The van der Waals surface area contributed by atoms with Crippen molar-refractivity contribution in [1.29, 1.82) is 0 Å². The smallest absolute Gasteiger partial charge is 0.0653 e. The Morgan fingerprint density at radius 1 is 1.33 bits per heavy atom. The molecule has 0 aromatic carbocycles. The van der Waals surface area contributed by atoms with Crippen LogP contribution in [-0.4, -0.2) is 6.21 Å². The Kier molecular flexibility index (Phi) is 5.62. The van der Waals surface area contributed by atoms with Crippen molar-refractivity contribution in [1.82, 2.24) is 0 Å². The van der Waals surface area contributed by atoms with Gasteiger partial charge in [0.25, 0.3) is 0 Å². The summed E-state index contributed by atoms with van der Waals surface area (Å²) in [7, 11) is 0. The van der Waals surface area contributed by atoms with Crippen LogP contribution >= 0.6 is 0 Å². The van der Waals surface area contributed by atoms with E-state index in [1.165, 1.54) is 0 Å². The average Bonchev–Trinajstić information content (AvgIpc) is 2.06. The van der Waals surface area contributed by atoms with Gasteiger partial charge in [-0.25, -0.2) is 0 Å². The normalized spacial score (nSPS) is 12.7. The summed E-state index contributed by atoms with van der Waals surface area (Å²) in [6, 6.07) is 0. The number of rotatable bonds is 4. The molecule has 0 radical (unpaired) electrons. The largest absolute Gasteiger partial charge is 0.257 e. The van der Waals surface area contributed by atoms with E-state index < -0.39 is 0 Å². The Labute approximate surface area is 74.5 Å². The predicted molar refractivity (Wildman–Crippen MR) is 56.4 cm³/mol. The molecule has 0 bridgehead atoms. The van der Waals surface area contributed by atoms with E-state index in [2.05, 4.69) is 18.2 Å².